The molecule has 0 saturated heterocycles. The Morgan fingerprint density at radius 1 is 0.906 bits per heavy atom. The van der Waals surface area contributed by atoms with Crippen molar-refractivity contribution in [2.45, 2.75) is 6.61 Å². The maximum Gasteiger partial charge on any atom is 0.207 e. The van der Waals surface area contributed by atoms with Crippen LogP contribution in [0.2, 0.25) is 5.02 Å². The number of benzene rings is 3. The number of rotatable bonds is 7. The number of ketones is 1. The van der Waals surface area contributed by atoms with Crippen LogP contribution in [-0.4, -0.2) is 12.9 Å². The molecule has 0 aromatic heterocycles. The van der Waals surface area contributed by atoms with Crippen molar-refractivity contribution in [3.8, 4) is 11.5 Å². The van der Waals surface area contributed by atoms with E-state index in [1.165, 1.54) is 31.4 Å². The molecule has 3 aromatic rings. The summed E-state index contributed by atoms with van der Waals surface area (Å²) in [5, 5.41) is 0.485. The van der Waals surface area contributed by atoms with Gasteiger partial charge in [-0.15, -0.1) is 0 Å². The normalized spacial score (nSPS) is 11.1. The molecule has 3 nitrogen and oxygen atoms in total. The van der Waals surface area contributed by atoms with Crippen LogP contribution >= 0.6 is 11.6 Å². The summed E-state index contributed by atoms with van der Waals surface area (Å²) in [5.74, 6) is -12.1. The van der Waals surface area contributed by atoms with Gasteiger partial charge in [-0.2, -0.15) is 8.78 Å². The minimum absolute atomic E-state index is 0.245. The molecule has 0 aliphatic carbocycles. The van der Waals surface area contributed by atoms with E-state index in [2.05, 4.69) is 0 Å². The molecule has 0 amide bonds. The minimum atomic E-state index is -2.28. The summed E-state index contributed by atoms with van der Waals surface area (Å²) in [6.07, 6.45) is 2.79. The Morgan fingerprint density at radius 3 is 2.09 bits per heavy atom. The molecule has 0 atom stereocenters. The van der Waals surface area contributed by atoms with Gasteiger partial charge in [-0.3, -0.25) is 4.79 Å². The third kappa shape index (κ3) is 4.91. The van der Waals surface area contributed by atoms with E-state index in [1.807, 2.05) is 0 Å². The Labute approximate surface area is 184 Å². The van der Waals surface area contributed by atoms with Crippen LogP contribution in [0, 0.1) is 29.1 Å². The molecule has 0 saturated carbocycles. The van der Waals surface area contributed by atoms with E-state index in [0.29, 0.717) is 16.1 Å². The van der Waals surface area contributed by atoms with Crippen LogP contribution < -0.4 is 9.47 Å². The van der Waals surface area contributed by atoms with E-state index in [-0.39, 0.29) is 17.1 Å². The van der Waals surface area contributed by atoms with Crippen molar-refractivity contribution in [1.82, 2.24) is 0 Å². The van der Waals surface area contributed by atoms with Crippen molar-refractivity contribution in [3.63, 3.8) is 0 Å². The first-order chi connectivity index (χ1) is 15.2. The fourth-order valence-corrected chi connectivity index (χ4v) is 2.88. The molecule has 32 heavy (non-hydrogen) atoms. The topological polar surface area (TPSA) is 35.5 Å². The third-order valence-corrected chi connectivity index (χ3v) is 4.65. The lowest BCUT2D eigenvalue weighted by Gasteiger charge is -2.13. The molecule has 0 bridgehead atoms. The highest BCUT2D eigenvalue weighted by Crippen LogP contribution is 2.31. The first kappa shape index (κ1) is 23.3. The van der Waals surface area contributed by atoms with Gasteiger partial charge >= 0.3 is 0 Å². The molecule has 166 valence electrons. The Hall–Kier alpha value is -3.39. The zero-order chi connectivity index (χ0) is 23.4. The molecule has 0 heterocycles. The molecule has 0 aliphatic heterocycles. The van der Waals surface area contributed by atoms with Gasteiger partial charge in [-0.1, -0.05) is 23.7 Å². The van der Waals surface area contributed by atoms with Crippen molar-refractivity contribution in [3.05, 3.63) is 99.3 Å². The summed E-state index contributed by atoms with van der Waals surface area (Å²) in [7, 11) is 1.33. The van der Waals surface area contributed by atoms with Crippen LogP contribution in [0.4, 0.5) is 22.0 Å². The summed E-state index contributed by atoms with van der Waals surface area (Å²) in [6, 6.07) is 10.9. The number of halogens is 6. The van der Waals surface area contributed by atoms with Crippen LogP contribution in [0.25, 0.3) is 6.08 Å². The molecule has 0 unspecified atom stereocenters. The summed E-state index contributed by atoms with van der Waals surface area (Å²) in [5.41, 5.74) is 1.16. The Kier molecular flexibility index (Phi) is 7.15. The van der Waals surface area contributed by atoms with Gasteiger partial charge in [0.2, 0.25) is 29.1 Å². The average molecular weight is 469 g/mol. The predicted molar refractivity (Wildman–Crippen MR) is 108 cm³/mol. The number of hydrogen-bond donors (Lipinski definition) is 0. The third-order valence-electron chi connectivity index (χ3n) is 4.40. The van der Waals surface area contributed by atoms with Crippen molar-refractivity contribution < 1.29 is 36.2 Å². The maximum atomic E-state index is 13.8. The Morgan fingerprint density at radius 2 is 1.50 bits per heavy atom. The summed E-state index contributed by atoms with van der Waals surface area (Å²) in [6.45, 7) is -0.561. The second kappa shape index (κ2) is 9.82. The van der Waals surface area contributed by atoms with Crippen molar-refractivity contribution in [2.24, 2.45) is 0 Å². The van der Waals surface area contributed by atoms with Crippen LogP contribution in [-0.2, 0) is 6.61 Å². The highest BCUT2D eigenvalue weighted by atomic mass is 35.5. The lowest BCUT2D eigenvalue weighted by atomic mass is 10.1. The smallest absolute Gasteiger partial charge is 0.207 e. The lowest BCUT2D eigenvalue weighted by molar-refractivity contribution is 0.104. The second-order valence-electron chi connectivity index (χ2n) is 6.46. The highest BCUT2D eigenvalue weighted by molar-refractivity contribution is 6.30. The van der Waals surface area contributed by atoms with Gasteiger partial charge in [0.05, 0.1) is 7.11 Å². The molecule has 0 aliphatic rings. The van der Waals surface area contributed by atoms with E-state index in [0.717, 1.165) is 0 Å². The van der Waals surface area contributed by atoms with Gasteiger partial charge in [-0.25, -0.2) is 13.2 Å². The van der Waals surface area contributed by atoms with Crippen molar-refractivity contribution in [2.75, 3.05) is 7.11 Å². The minimum Gasteiger partial charge on any atom is -0.496 e. The molecule has 3 rings (SSSR count). The molecule has 0 N–H and O–H groups in total. The van der Waals surface area contributed by atoms with Gasteiger partial charge < -0.3 is 9.47 Å². The summed E-state index contributed by atoms with van der Waals surface area (Å²) in [4.78, 5) is 12.3. The molecule has 0 radical (unpaired) electrons. The van der Waals surface area contributed by atoms with Gasteiger partial charge in [0.25, 0.3) is 0 Å². The van der Waals surface area contributed by atoms with E-state index in [4.69, 9.17) is 21.1 Å². The molecule has 0 spiro atoms. The van der Waals surface area contributed by atoms with Gasteiger partial charge in [-0.05, 0) is 48.0 Å². The largest absolute Gasteiger partial charge is 0.496 e. The molecule has 3 aromatic carbocycles. The number of carbonyl (C=O) groups excluding carboxylic acids is 1. The number of methoxy groups -OCH3 is 1. The van der Waals surface area contributed by atoms with E-state index in [1.54, 1.807) is 30.3 Å². The summed E-state index contributed by atoms with van der Waals surface area (Å²) >= 11 is 5.79. The number of allylic oxidation sites excluding steroid dienone is 1. The quantitative estimate of drug-likeness (QED) is 0.130. The molecular weight excluding hydrogens is 455 g/mol. The second-order valence-corrected chi connectivity index (χ2v) is 6.90. The molecular formula is C23H14ClF5O3. The van der Waals surface area contributed by atoms with Gasteiger partial charge in [0, 0.05) is 16.1 Å². The Bertz CT molecular complexity index is 1160. The van der Waals surface area contributed by atoms with Gasteiger partial charge in [0.15, 0.2) is 11.5 Å². The first-order valence-corrected chi connectivity index (χ1v) is 9.39. The standard InChI is InChI=1S/C23H14ClF5O3/c1-31-17-9-3-12(2-8-16(30)13-4-6-15(24)7-5-13)10-14(17)11-32-23-21(28)19(26)18(25)20(27)22(23)29/h2-10H,11H2,1H3/b8-2+. The number of carbonyl (C=O) groups is 1. The van der Waals surface area contributed by atoms with Crippen LogP contribution in [0.3, 0.4) is 0 Å². The molecule has 9 heteroatoms. The Balaban J connectivity index is 1.83. The monoisotopic (exact) mass is 468 g/mol. The van der Waals surface area contributed by atoms with Crippen molar-refractivity contribution >= 4 is 23.5 Å². The van der Waals surface area contributed by atoms with Crippen LogP contribution in [0.15, 0.2) is 48.5 Å². The van der Waals surface area contributed by atoms with Crippen LogP contribution in [0.1, 0.15) is 21.5 Å². The molecule has 0 fully saturated rings. The van der Waals surface area contributed by atoms with E-state index < -0.39 is 41.4 Å². The fourth-order valence-electron chi connectivity index (χ4n) is 2.76. The van der Waals surface area contributed by atoms with E-state index >= 15 is 0 Å². The maximum absolute atomic E-state index is 13.8. The zero-order valence-electron chi connectivity index (χ0n) is 16.4. The van der Waals surface area contributed by atoms with Gasteiger partial charge in [0.1, 0.15) is 12.4 Å². The zero-order valence-corrected chi connectivity index (χ0v) is 17.2. The summed E-state index contributed by atoms with van der Waals surface area (Å²) < 4.78 is 77.6. The lowest BCUT2D eigenvalue weighted by Crippen LogP contribution is -2.07. The first-order valence-electron chi connectivity index (χ1n) is 9.02. The van der Waals surface area contributed by atoms with Crippen LogP contribution in [0.5, 0.6) is 11.5 Å². The highest BCUT2D eigenvalue weighted by Gasteiger charge is 2.27. The van der Waals surface area contributed by atoms with Crippen molar-refractivity contribution in [1.29, 1.82) is 0 Å². The SMILES string of the molecule is COc1ccc(/C=C/C(=O)c2ccc(Cl)cc2)cc1COc1c(F)c(F)c(F)c(F)c1F. The van der Waals surface area contributed by atoms with E-state index in [9.17, 15) is 26.7 Å². The average Bonchev–Trinajstić information content (AvgIpc) is 2.80. The fraction of sp³-hybridized carbons (Fsp3) is 0.0870. The number of hydrogen-bond acceptors (Lipinski definition) is 3. The number of ether oxygens (including phenoxy) is 2. The predicted octanol–water partition coefficient (Wildman–Crippen LogP) is 6.52.